The van der Waals surface area contributed by atoms with Crippen LogP contribution in [0.25, 0.3) is 0 Å². The second-order valence-corrected chi connectivity index (χ2v) is 6.08. The molecule has 104 valence electrons. The number of nitrogens with one attached hydrogen (secondary N) is 2. The molecule has 2 rings (SSSR count). The first-order valence-corrected chi connectivity index (χ1v) is 7.53. The molecule has 1 aliphatic carbocycles. The molecule has 0 aromatic carbocycles. The summed E-state index contributed by atoms with van der Waals surface area (Å²) in [4.78, 5) is 11.4. The highest BCUT2D eigenvalue weighted by molar-refractivity contribution is 7.99. The molecule has 0 bridgehead atoms. The minimum atomic E-state index is -0.484. The number of hydrogen-bond donors (Lipinski definition) is 2. The van der Waals surface area contributed by atoms with Crippen molar-refractivity contribution in [1.82, 2.24) is 20.1 Å². The second-order valence-electron chi connectivity index (χ2n) is 5.02. The molecule has 0 aliphatic heterocycles. The van der Waals surface area contributed by atoms with Crippen LogP contribution in [0.1, 0.15) is 33.1 Å². The van der Waals surface area contributed by atoms with Crippen molar-refractivity contribution in [2.75, 3.05) is 5.75 Å². The van der Waals surface area contributed by atoms with E-state index >= 15 is 0 Å². The van der Waals surface area contributed by atoms with Crippen LogP contribution in [-0.4, -0.2) is 32.1 Å². The molecule has 7 heteroatoms. The lowest BCUT2D eigenvalue weighted by molar-refractivity contribution is 0.433. The Morgan fingerprint density at radius 2 is 2.42 bits per heavy atom. The normalized spacial score (nSPS) is 17.9. The summed E-state index contributed by atoms with van der Waals surface area (Å²) >= 11 is 1.51. The molecule has 1 aromatic heterocycles. The van der Waals surface area contributed by atoms with E-state index in [9.17, 15) is 10.1 Å². The van der Waals surface area contributed by atoms with Crippen molar-refractivity contribution in [1.29, 1.82) is 5.26 Å². The molecule has 1 saturated carbocycles. The van der Waals surface area contributed by atoms with Crippen LogP contribution in [0, 0.1) is 11.3 Å². The van der Waals surface area contributed by atoms with Crippen LogP contribution in [0.3, 0.4) is 0 Å². The molecular weight excluding hydrogens is 262 g/mol. The zero-order valence-corrected chi connectivity index (χ0v) is 12.1. The third-order valence-corrected chi connectivity index (χ3v) is 4.20. The van der Waals surface area contributed by atoms with Gasteiger partial charge in [0.05, 0.1) is 6.07 Å². The van der Waals surface area contributed by atoms with Crippen molar-refractivity contribution >= 4 is 11.8 Å². The highest BCUT2D eigenvalue weighted by atomic mass is 32.2. The van der Waals surface area contributed by atoms with Gasteiger partial charge in [-0.3, -0.25) is 9.88 Å². The largest absolute Gasteiger partial charge is 0.343 e. The summed E-state index contributed by atoms with van der Waals surface area (Å²) < 4.78 is 1.60. The van der Waals surface area contributed by atoms with Gasteiger partial charge in [-0.15, -0.1) is 5.10 Å². The lowest BCUT2D eigenvalue weighted by atomic mass is 10.0. The van der Waals surface area contributed by atoms with Crippen LogP contribution < -0.4 is 11.0 Å². The zero-order valence-electron chi connectivity index (χ0n) is 11.3. The van der Waals surface area contributed by atoms with Crippen molar-refractivity contribution in [3.05, 3.63) is 10.5 Å². The molecule has 0 saturated heterocycles. The summed E-state index contributed by atoms with van der Waals surface area (Å²) in [6.07, 6.45) is 3.06. The van der Waals surface area contributed by atoms with E-state index in [1.165, 1.54) is 24.6 Å². The van der Waals surface area contributed by atoms with Crippen molar-refractivity contribution in [2.24, 2.45) is 0 Å². The summed E-state index contributed by atoms with van der Waals surface area (Å²) in [6.45, 7) is 4.45. The second kappa shape index (κ2) is 5.80. The lowest BCUT2D eigenvalue weighted by Crippen LogP contribution is -2.42. The van der Waals surface area contributed by atoms with Gasteiger partial charge in [-0.2, -0.15) is 5.26 Å². The van der Waals surface area contributed by atoms with E-state index in [0.29, 0.717) is 17.7 Å². The predicted octanol–water partition coefficient (Wildman–Crippen LogP) is 1.11. The average molecular weight is 281 g/mol. The third-order valence-electron chi connectivity index (χ3n) is 3.22. The van der Waals surface area contributed by atoms with Crippen LogP contribution in [0.2, 0.25) is 0 Å². The van der Waals surface area contributed by atoms with Crippen molar-refractivity contribution in [3.8, 4) is 6.07 Å². The number of nitrogens with zero attached hydrogens (tertiary/aromatic N) is 3. The SMILES string of the molecule is CCn1c(SCCC(C)(C#N)NC2CC2)n[nH]c1=O. The van der Waals surface area contributed by atoms with Gasteiger partial charge in [-0.1, -0.05) is 11.8 Å². The zero-order chi connectivity index (χ0) is 13.9. The maximum absolute atomic E-state index is 11.4. The van der Waals surface area contributed by atoms with Gasteiger partial charge >= 0.3 is 5.69 Å². The van der Waals surface area contributed by atoms with Crippen LogP contribution in [0.4, 0.5) is 0 Å². The molecule has 1 aromatic rings. The fourth-order valence-electron chi connectivity index (χ4n) is 1.88. The first-order valence-electron chi connectivity index (χ1n) is 6.55. The molecule has 1 atom stereocenters. The molecule has 19 heavy (non-hydrogen) atoms. The van der Waals surface area contributed by atoms with Gasteiger partial charge in [0.25, 0.3) is 0 Å². The maximum atomic E-state index is 11.4. The number of hydrogen-bond acceptors (Lipinski definition) is 5. The highest BCUT2D eigenvalue weighted by Gasteiger charge is 2.32. The Kier molecular flexibility index (Phi) is 4.32. The van der Waals surface area contributed by atoms with E-state index in [4.69, 9.17) is 0 Å². The van der Waals surface area contributed by atoms with Crippen molar-refractivity contribution in [3.63, 3.8) is 0 Å². The number of thioether (sulfide) groups is 1. The number of nitriles is 1. The topological polar surface area (TPSA) is 86.5 Å². The Bertz CT molecular complexity index is 527. The van der Waals surface area contributed by atoms with Gasteiger partial charge in [-0.25, -0.2) is 9.89 Å². The maximum Gasteiger partial charge on any atom is 0.343 e. The van der Waals surface area contributed by atoms with Gasteiger partial charge < -0.3 is 0 Å². The Morgan fingerprint density at radius 3 is 3.00 bits per heavy atom. The fraction of sp³-hybridized carbons (Fsp3) is 0.750. The van der Waals surface area contributed by atoms with Crippen LogP contribution >= 0.6 is 11.8 Å². The molecule has 6 nitrogen and oxygen atoms in total. The van der Waals surface area contributed by atoms with E-state index in [-0.39, 0.29) is 5.69 Å². The quantitative estimate of drug-likeness (QED) is 0.731. The van der Waals surface area contributed by atoms with E-state index in [1.54, 1.807) is 4.57 Å². The molecule has 0 radical (unpaired) electrons. The molecule has 1 aliphatic rings. The first-order chi connectivity index (χ1) is 9.08. The molecule has 1 unspecified atom stereocenters. The number of aromatic nitrogens is 3. The molecule has 0 amide bonds. The number of rotatable bonds is 7. The number of H-pyrrole nitrogens is 1. The van der Waals surface area contributed by atoms with E-state index in [0.717, 1.165) is 12.2 Å². The lowest BCUT2D eigenvalue weighted by Gasteiger charge is -2.22. The molecule has 1 heterocycles. The summed E-state index contributed by atoms with van der Waals surface area (Å²) in [7, 11) is 0. The average Bonchev–Trinajstić information content (AvgIpc) is 3.12. The van der Waals surface area contributed by atoms with E-state index < -0.39 is 5.54 Å². The third kappa shape index (κ3) is 3.61. The minimum Gasteiger partial charge on any atom is -0.297 e. The standard InChI is InChI=1S/C12H19N5OS/c1-3-17-10(18)15-16-11(17)19-7-6-12(2,8-13)14-9-4-5-9/h9,14H,3-7H2,1-2H3,(H,15,18). The van der Waals surface area contributed by atoms with E-state index in [1.807, 2.05) is 13.8 Å². The molecule has 0 spiro atoms. The molecular formula is C12H19N5OS. The van der Waals surface area contributed by atoms with Crippen LogP contribution in [-0.2, 0) is 6.54 Å². The van der Waals surface area contributed by atoms with Crippen molar-refractivity contribution < 1.29 is 0 Å². The van der Waals surface area contributed by atoms with Gasteiger partial charge in [0.2, 0.25) is 0 Å². The van der Waals surface area contributed by atoms with Crippen LogP contribution in [0.15, 0.2) is 9.95 Å². The Morgan fingerprint density at radius 1 is 1.68 bits per heavy atom. The molecule has 1 fully saturated rings. The van der Waals surface area contributed by atoms with E-state index in [2.05, 4.69) is 21.6 Å². The fourth-order valence-corrected chi connectivity index (χ4v) is 3.05. The van der Waals surface area contributed by atoms with Gasteiger partial charge in [-0.05, 0) is 33.1 Å². The van der Waals surface area contributed by atoms with Gasteiger partial charge in [0.15, 0.2) is 5.16 Å². The predicted molar refractivity (Wildman–Crippen MR) is 74.0 cm³/mol. The summed E-state index contributed by atoms with van der Waals surface area (Å²) in [5, 5.41) is 19.8. The van der Waals surface area contributed by atoms with Gasteiger partial charge in [0, 0.05) is 18.3 Å². The monoisotopic (exact) mass is 281 g/mol. The molecule has 2 N–H and O–H groups in total. The highest BCUT2D eigenvalue weighted by Crippen LogP contribution is 2.25. The summed E-state index contributed by atoms with van der Waals surface area (Å²) in [5.74, 6) is 0.758. The summed E-state index contributed by atoms with van der Waals surface area (Å²) in [6, 6.07) is 2.86. The van der Waals surface area contributed by atoms with Crippen LogP contribution in [0.5, 0.6) is 0 Å². The Balaban J connectivity index is 1.88. The minimum absolute atomic E-state index is 0.177. The Hall–Kier alpha value is -1.26. The summed E-state index contributed by atoms with van der Waals surface area (Å²) in [5.41, 5.74) is -0.661. The number of aromatic amines is 1. The first kappa shape index (κ1) is 14.2. The Labute approximate surface area is 116 Å². The van der Waals surface area contributed by atoms with Crippen molar-refractivity contribution in [2.45, 2.75) is 56.4 Å². The smallest absolute Gasteiger partial charge is 0.297 e. The van der Waals surface area contributed by atoms with Gasteiger partial charge in [0.1, 0.15) is 5.54 Å².